The van der Waals surface area contributed by atoms with Gasteiger partial charge in [0.1, 0.15) is 23.0 Å². The molecule has 0 aromatic heterocycles. The number of hydrogen-bond acceptors (Lipinski definition) is 6. The highest BCUT2D eigenvalue weighted by atomic mass is 16.6. The Bertz CT molecular complexity index is 1590. The smallest absolute Gasteiger partial charge is 0.269 e. The van der Waals surface area contributed by atoms with Gasteiger partial charge < -0.3 is 9.47 Å². The first-order chi connectivity index (χ1) is 22.7. The molecule has 8 heteroatoms. The predicted octanol–water partition coefficient (Wildman–Crippen LogP) is 11.5. The molecule has 0 atom stereocenters. The molecule has 6 rings (SSSR count). The number of nitro benzene ring substituents is 2. The van der Waals surface area contributed by atoms with Crippen molar-refractivity contribution in [2.24, 2.45) is 0 Å². The summed E-state index contributed by atoms with van der Waals surface area (Å²) in [7, 11) is 0. The molecule has 0 spiro atoms. The highest BCUT2D eigenvalue weighted by molar-refractivity contribution is 5.51. The summed E-state index contributed by atoms with van der Waals surface area (Å²) < 4.78 is 12.8. The third-order valence-electron chi connectivity index (χ3n) is 10.1. The summed E-state index contributed by atoms with van der Waals surface area (Å²) in [6, 6.07) is 25.6. The van der Waals surface area contributed by atoms with Gasteiger partial charge in [-0.2, -0.15) is 0 Å². The van der Waals surface area contributed by atoms with E-state index in [9.17, 15) is 20.2 Å². The van der Waals surface area contributed by atoms with Gasteiger partial charge >= 0.3 is 0 Å². The van der Waals surface area contributed by atoms with Crippen LogP contribution >= 0.6 is 0 Å². The number of nitrogens with zero attached hydrogens (tertiary/aromatic N) is 2. The maximum Gasteiger partial charge on any atom is 0.269 e. The molecule has 0 unspecified atom stereocenters. The first-order valence-corrected chi connectivity index (χ1v) is 16.8. The summed E-state index contributed by atoms with van der Waals surface area (Å²) in [6.45, 7) is 4.53. The zero-order valence-electron chi connectivity index (χ0n) is 27.2. The SMILES string of the molecule is CC(C)(c1ccc(Oc2ccc([N+](=O)[O-])cc2)c(C2CCCCC2)c1)c1ccc(Oc2ccc([N+](=O)[O-])cc2)c(C2CCCCC2)c1. The average Bonchev–Trinajstić information content (AvgIpc) is 3.09. The first-order valence-electron chi connectivity index (χ1n) is 16.8. The monoisotopic (exact) mass is 634 g/mol. The molecule has 0 heterocycles. The molecule has 0 amide bonds. The Morgan fingerprint density at radius 1 is 0.553 bits per heavy atom. The topological polar surface area (TPSA) is 105 Å². The standard InChI is InChI=1S/C39H42N2O6/c1-39(2,29-13-23-37(35(25-29)27-9-5-3-6-10-27)46-33-19-15-31(16-20-33)40(42)43)30-14-24-38(36(26-30)28-11-7-4-8-12-28)47-34-21-17-32(18-22-34)41(44)45/h13-28H,3-12H2,1-2H3. The maximum atomic E-state index is 11.2. The zero-order chi connectivity index (χ0) is 33.0. The normalized spacial score (nSPS) is 16.0. The molecule has 47 heavy (non-hydrogen) atoms. The van der Waals surface area contributed by atoms with E-state index >= 15 is 0 Å². The summed E-state index contributed by atoms with van der Waals surface area (Å²) in [5.41, 5.74) is 4.56. The quantitative estimate of drug-likeness (QED) is 0.127. The minimum absolute atomic E-state index is 0.0405. The molecule has 0 bridgehead atoms. The largest absolute Gasteiger partial charge is 0.457 e. The lowest BCUT2D eigenvalue weighted by molar-refractivity contribution is -0.385. The van der Waals surface area contributed by atoms with Gasteiger partial charge in [-0.1, -0.05) is 76.6 Å². The van der Waals surface area contributed by atoms with Crippen LogP contribution in [-0.2, 0) is 5.41 Å². The van der Waals surface area contributed by atoms with Crippen LogP contribution in [0.1, 0.15) is 112 Å². The van der Waals surface area contributed by atoms with Crippen molar-refractivity contribution in [3.05, 3.63) is 127 Å². The van der Waals surface area contributed by atoms with Crippen molar-refractivity contribution < 1.29 is 19.3 Å². The highest BCUT2D eigenvalue weighted by Crippen LogP contribution is 2.45. The van der Waals surface area contributed by atoms with Crippen molar-refractivity contribution in [2.75, 3.05) is 0 Å². The molecule has 4 aromatic rings. The number of rotatable bonds is 10. The maximum absolute atomic E-state index is 11.2. The molecule has 0 aliphatic heterocycles. The average molecular weight is 635 g/mol. The molecule has 244 valence electrons. The van der Waals surface area contributed by atoms with E-state index in [1.54, 1.807) is 24.3 Å². The van der Waals surface area contributed by atoms with Crippen molar-refractivity contribution in [1.29, 1.82) is 0 Å². The molecule has 2 aliphatic rings. The fourth-order valence-corrected chi connectivity index (χ4v) is 7.22. The molecule has 2 saturated carbocycles. The van der Waals surface area contributed by atoms with Crippen LogP contribution in [0, 0.1) is 20.2 Å². The molecule has 4 aromatic carbocycles. The van der Waals surface area contributed by atoms with E-state index in [4.69, 9.17) is 9.47 Å². The highest BCUT2D eigenvalue weighted by Gasteiger charge is 2.29. The van der Waals surface area contributed by atoms with Crippen LogP contribution in [0.3, 0.4) is 0 Å². The van der Waals surface area contributed by atoms with Crippen LogP contribution in [0.25, 0.3) is 0 Å². The third-order valence-corrected chi connectivity index (χ3v) is 10.1. The lowest BCUT2D eigenvalue weighted by Gasteiger charge is -2.31. The van der Waals surface area contributed by atoms with Gasteiger partial charge in [-0.15, -0.1) is 0 Å². The van der Waals surface area contributed by atoms with Crippen molar-refractivity contribution >= 4 is 11.4 Å². The second-order valence-corrected chi connectivity index (χ2v) is 13.5. The van der Waals surface area contributed by atoms with Gasteiger partial charge in [0.25, 0.3) is 11.4 Å². The van der Waals surface area contributed by atoms with Gasteiger partial charge in [-0.3, -0.25) is 20.2 Å². The van der Waals surface area contributed by atoms with Crippen molar-refractivity contribution in [3.63, 3.8) is 0 Å². The van der Waals surface area contributed by atoms with Gasteiger partial charge in [0.15, 0.2) is 0 Å². The Morgan fingerprint density at radius 3 is 1.26 bits per heavy atom. The first kappa shape index (κ1) is 32.2. The number of ether oxygens (including phenoxy) is 2. The minimum atomic E-state index is -0.401. The van der Waals surface area contributed by atoms with Crippen LogP contribution in [0.2, 0.25) is 0 Å². The molecular formula is C39H42N2O6. The summed E-state index contributed by atoms with van der Waals surface area (Å²) >= 11 is 0. The van der Waals surface area contributed by atoms with Crippen LogP contribution in [0.4, 0.5) is 11.4 Å². The van der Waals surface area contributed by atoms with Crippen molar-refractivity contribution in [2.45, 2.75) is 95.3 Å². The lowest BCUT2D eigenvalue weighted by atomic mass is 9.74. The Kier molecular flexibility index (Phi) is 9.57. The van der Waals surface area contributed by atoms with Crippen molar-refractivity contribution in [1.82, 2.24) is 0 Å². The Morgan fingerprint density at radius 2 is 0.915 bits per heavy atom. The van der Waals surface area contributed by atoms with E-state index in [1.165, 1.54) is 85.0 Å². The minimum Gasteiger partial charge on any atom is -0.457 e. The van der Waals surface area contributed by atoms with E-state index in [0.717, 1.165) is 37.2 Å². The van der Waals surface area contributed by atoms with E-state index < -0.39 is 9.85 Å². The van der Waals surface area contributed by atoms with Crippen LogP contribution in [0.15, 0.2) is 84.9 Å². The molecule has 2 fully saturated rings. The number of non-ortho nitro benzene ring substituents is 2. The van der Waals surface area contributed by atoms with Gasteiger partial charge in [-0.05, 0) is 96.2 Å². The summed E-state index contributed by atoms with van der Waals surface area (Å²) in [4.78, 5) is 21.5. The van der Waals surface area contributed by atoms with Crippen LogP contribution < -0.4 is 9.47 Å². The zero-order valence-corrected chi connectivity index (χ0v) is 27.2. The summed E-state index contributed by atoms with van der Waals surface area (Å²) in [5.74, 6) is 3.56. The number of benzene rings is 4. The fraction of sp³-hybridized carbons (Fsp3) is 0.385. The number of hydrogen-bond donors (Lipinski definition) is 0. The van der Waals surface area contributed by atoms with Gasteiger partial charge in [0, 0.05) is 29.7 Å². The Labute approximate surface area is 276 Å². The van der Waals surface area contributed by atoms with Gasteiger partial charge in [0.2, 0.25) is 0 Å². The second-order valence-electron chi connectivity index (χ2n) is 13.5. The third kappa shape index (κ3) is 7.32. The molecule has 0 saturated heterocycles. The van der Waals surface area contributed by atoms with E-state index in [-0.39, 0.29) is 16.8 Å². The number of nitro groups is 2. The molecule has 8 nitrogen and oxygen atoms in total. The molecule has 2 aliphatic carbocycles. The van der Waals surface area contributed by atoms with Crippen LogP contribution in [-0.4, -0.2) is 9.85 Å². The lowest BCUT2D eigenvalue weighted by Crippen LogP contribution is -2.21. The molecular weight excluding hydrogens is 592 g/mol. The summed E-state index contributed by atoms with van der Waals surface area (Å²) in [6.07, 6.45) is 11.7. The van der Waals surface area contributed by atoms with E-state index in [0.29, 0.717) is 23.3 Å². The van der Waals surface area contributed by atoms with Gasteiger partial charge in [0.05, 0.1) is 9.85 Å². The summed E-state index contributed by atoms with van der Waals surface area (Å²) in [5, 5.41) is 22.3. The predicted molar refractivity (Wildman–Crippen MR) is 183 cm³/mol. The molecule has 0 radical (unpaired) electrons. The second kappa shape index (κ2) is 14.0. The molecule has 0 N–H and O–H groups in total. The van der Waals surface area contributed by atoms with Gasteiger partial charge in [-0.25, -0.2) is 0 Å². The fourth-order valence-electron chi connectivity index (χ4n) is 7.22. The van der Waals surface area contributed by atoms with E-state index in [2.05, 4.69) is 50.2 Å². The van der Waals surface area contributed by atoms with Crippen molar-refractivity contribution in [3.8, 4) is 23.0 Å². The Balaban J connectivity index is 1.34. The Hall–Kier alpha value is -4.72. The van der Waals surface area contributed by atoms with E-state index in [1.807, 2.05) is 0 Å². The van der Waals surface area contributed by atoms with Crippen LogP contribution in [0.5, 0.6) is 23.0 Å².